The second kappa shape index (κ2) is 6.73. The molecule has 2 aromatic rings. The van der Waals surface area contributed by atoms with Gasteiger partial charge in [0.2, 0.25) is 16.0 Å². The second-order valence-electron chi connectivity index (χ2n) is 3.92. The SMILES string of the molecule is CCCNc1ncc(S(=O)(=O)NCc2nccs2)cn1. The van der Waals surface area contributed by atoms with Crippen molar-refractivity contribution in [3.05, 3.63) is 29.0 Å². The summed E-state index contributed by atoms with van der Waals surface area (Å²) in [6.45, 7) is 2.93. The lowest BCUT2D eigenvalue weighted by molar-refractivity contribution is 0.580. The third-order valence-electron chi connectivity index (χ3n) is 2.37. The molecule has 0 unspecified atom stereocenters. The molecule has 2 aromatic heterocycles. The van der Waals surface area contributed by atoms with E-state index < -0.39 is 10.0 Å². The Balaban J connectivity index is 2.01. The fourth-order valence-corrected chi connectivity index (χ4v) is 2.89. The molecule has 0 aliphatic heterocycles. The number of nitrogens with zero attached hydrogens (tertiary/aromatic N) is 3. The molecule has 2 rings (SSSR count). The molecule has 0 spiro atoms. The first kappa shape index (κ1) is 14.8. The molecule has 20 heavy (non-hydrogen) atoms. The summed E-state index contributed by atoms with van der Waals surface area (Å²) < 4.78 is 26.5. The van der Waals surface area contributed by atoms with Crippen LogP contribution in [0.15, 0.2) is 28.9 Å². The lowest BCUT2D eigenvalue weighted by atomic mass is 10.5. The highest BCUT2D eigenvalue weighted by Crippen LogP contribution is 2.09. The highest BCUT2D eigenvalue weighted by atomic mass is 32.2. The van der Waals surface area contributed by atoms with Crippen LogP contribution in [0, 0.1) is 0 Å². The van der Waals surface area contributed by atoms with Gasteiger partial charge in [0.1, 0.15) is 9.90 Å². The fourth-order valence-electron chi connectivity index (χ4n) is 1.36. The number of hydrogen-bond acceptors (Lipinski definition) is 7. The van der Waals surface area contributed by atoms with E-state index in [0.29, 0.717) is 11.0 Å². The summed E-state index contributed by atoms with van der Waals surface area (Å²) in [4.78, 5) is 12.0. The van der Waals surface area contributed by atoms with Gasteiger partial charge < -0.3 is 5.32 Å². The third-order valence-corrected chi connectivity index (χ3v) is 4.50. The Morgan fingerprint density at radius 2 is 2.00 bits per heavy atom. The van der Waals surface area contributed by atoms with Gasteiger partial charge in [-0.3, -0.25) is 0 Å². The van der Waals surface area contributed by atoms with Crippen molar-refractivity contribution in [2.75, 3.05) is 11.9 Å². The maximum Gasteiger partial charge on any atom is 0.244 e. The summed E-state index contributed by atoms with van der Waals surface area (Å²) in [5.41, 5.74) is 0. The van der Waals surface area contributed by atoms with Crippen molar-refractivity contribution in [1.82, 2.24) is 19.7 Å². The molecule has 9 heteroatoms. The van der Waals surface area contributed by atoms with Crippen molar-refractivity contribution < 1.29 is 8.42 Å². The predicted octanol–water partition coefficient (Wildman–Crippen LogP) is 1.23. The second-order valence-corrected chi connectivity index (χ2v) is 6.67. The Kier molecular flexibility index (Phi) is 4.99. The van der Waals surface area contributed by atoms with Crippen molar-refractivity contribution in [3.63, 3.8) is 0 Å². The van der Waals surface area contributed by atoms with Gasteiger partial charge in [-0.1, -0.05) is 6.92 Å². The number of sulfonamides is 1. The Morgan fingerprint density at radius 1 is 1.25 bits per heavy atom. The van der Waals surface area contributed by atoms with Gasteiger partial charge >= 0.3 is 0 Å². The van der Waals surface area contributed by atoms with Gasteiger partial charge in [-0.25, -0.2) is 28.1 Å². The van der Waals surface area contributed by atoms with Gasteiger partial charge in [-0.2, -0.15) is 0 Å². The largest absolute Gasteiger partial charge is 0.354 e. The zero-order chi connectivity index (χ0) is 14.4. The number of hydrogen-bond donors (Lipinski definition) is 2. The van der Waals surface area contributed by atoms with E-state index >= 15 is 0 Å². The molecule has 0 aliphatic rings. The molecule has 108 valence electrons. The number of nitrogens with one attached hydrogen (secondary N) is 2. The highest BCUT2D eigenvalue weighted by Gasteiger charge is 2.15. The molecule has 0 amide bonds. The van der Waals surface area contributed by atoms with Crippen LogP contribution in [-0.4, -0.2) is 29.9 Å². The molecule has 0 aromatic carbocycles. The molecular weight excluding hydrogens is 298 g/mol. The maximum absolute atomic E-state index is 12.0. The van der Waals surface area contributed by atoms with Crippen molar-refractivity contribution >= 4 is 27.3 Å². The minimum atomic E-state index is -3.61. The first-order chi connectivity index (χ1) is 9.62. The molecule has 0 saturated carbocycles. The van der Waals surface area contributed by atoms with Crippen molar-refractivity contribution in [3.8, 4) is 0 Å². The van der Waals surface area contributed by atoms with Crippen LogP contribution in [0.3, 0.4) is 0 Å². The van der Waals surface area contributed by atoms with Crippen LogP contribution in [-0.2, 0) is 16.6 Å². The van der Waals surface area contributed by atoms with E-state index in [-0.39, 0.29) is 11.4 Å². The third kappa shape index (κ3) is 3.95. The minimum Gasteiger partial charge on any atom is -0.354 e. The summed E-state index contributed by atoms with van der Waals surface area (Å²) >= 11 is 1.39. The highest BCUT2D eigenvalue weighted by molar-refractivity contribution is 7.89. The summed E-state index contributed by atoms with van der Waals surface area (Å²) in [6, 6.07) is 0. The molecule has 0 fully saturated rings. The van der Waals surface area contributed by atoms with Crippen LogP contribution in [0.2, 0.25) is 0 Å². The average Bonchev–Trinajstić information content (AvgIpc) is 2.97. The Morgan fingerprint density at radius 3 is 2.60 bits per heavy atom. The van der Waals surface area contributed by atoms with Crippen molar-refractivity contribution in [2.45, 2.75) is 24.8 Å². The fraction of sp³-hybridized carbons (Fsp3) is 0.364. The minimum absolute atomic E-state index is 0.0381. The van der Waals surface area contributed by atoms with Gasteiger partial charge in [-0.15, -0.1) is 11.3 Å². The van der Waals surface area contributed by atoms with Crippen LogP contribution in [0.5, 0.6) is 0 Å². The molecule has 0 aliphatic carbocycles. The van der Waals surface area contributed by atoms with E-state index in [9.17, 15) is 8.42 Å². The van der Waals surface area contributed by atoms with Crippen LogP contribution in [0.25, 0.3) is 0 Å². The first-order valence-electron chi connectivity index (χ1n) is 6.06. The normalized spacial score (nSPS) is 11.4. The monoisotopic (exact) mass is 313 g/mol. The van der Waals surface area contributed by atoms with Gasteiger partial charge in [-0.05, 0) is 6.42 Å². The molecular formula is C11H15N5O2S2. The quantitative estimate of drug-likeness (QED) is 0.798. The maximum atomic E-state index is 12.0. The summed E-state index contributed by atoms with van der Waals surface area (Å²) in [5.74, 6) is 0.422. The molecule has 2 heterocycles. The molecule has 0 bridgehead atoms. The zero-order valence-corrected chi connectivity index (χ0v) is 12.5. The van der Waals surface area contributed by atoms with E-state index in [1.807, 2.05) is 6.92 Å². The Hall–Kier alpha value is -1.58. The Labute approximate surface area is 121 Å². The van der Waals surface area contributed by atoms with Crippen LogP contribution >= 0.6 is 11.3 Å². The average molecular weight is 313 g/mol. The first-order valence-corrected chi connectivity index (χ1v) is 8.42. The van der Waals surface area contributed by atoms with E-state index in [2.05, 4.69) is 25.0 Å². The predicted molar refractivity (Wildman–Crippen MR) is 77.0 cm³/mol. The Bertz CT molecular complexity index is 625. The number of aromatic nitrogens is 3. The van der Waals surface area contributed by atoms with Crippen LogP contribution in [0.1, 0.15) is 18.4 Å². The standard InChI is InChI=1S/C11H15N5O2S2/c1-2-3-13-11-14-6-9(7-15-11)20(17,18)16-8-10-12-4-5-19-10/h4-7,16H,2-3,8H2,1H3,(H,13,14,15). The molecule has 0 atom stereocenters. The number of rotatable bonds is 7. The zero-order valence-electron chi connectivity index (χ0n) is 10.9. The molecule has 2 N–H and O–H groups in total. The molecule has 7 nitrogen and oxygen atoms in total. The summed E-state index contributed by atoms with van der Waals surface area (Å²) in [7, 11) is -3.61. The smallest absolute Gasteiger partial charge is 0.244 e. The van der Waals surface area contributed by atoms with Crippen LogP contribution < -0.4 is 10.0 Å². The topological polar surface area (TPSA) is 96.9 Å². The summed E-state index contributed by atoms with van der Waals surface area (Å²) in [6.07, 6.45) is 5.15. The van der Waals surface area contributed by atoms with Gasteiger partial charge in [0.15, 0.2) is 0 Å². The van der Waals surface area contributed by atoms with Gasteiger partial charge in [0.25, 0.3) is 0 Å². The number of thiazole rings is 1. The van der Waals surface area contributed by atoms with E-state index in [1.165, 1.54) is 23.7 Å². The van der Waals surface area contributed by atoms with E-state index in [4.69, 9.17) is 0 Å². The molecule has 0 saturated heterocycles. The lowest BCUT2D eigenvalue weighted by Crippen LogP contribution is -2.23. The van der Waals surface area contributed by atoms with Gasteiger partial charge in [0, 0.05) is 18.1 Å². The summed E-state index contributed by atoms with van der Waals surface area (Å²) in [5, 5.41) is 5.48. The van der Waals surface area contributed by atoms with Crippen LogP contribution in [0.4, 0.5) is 5.95 Å². The van der Waals surface area contributed by atoms with Crippen molar-refractivity contribution in [1.29, 1.82) is 0 Å². The molecule has 0 radical (unpaired) electrons. The van der Waals surface area contributed by atoms with Crippen molar-refractivity contribution in [2.24, 2.45) is 0 Å². The van der Waals surface area contributed by atoms with E-state index in [1.54, 1.807) is 11.6 Å². The lowest BCUT2D eigenvalue weighted by Gasteiger charge is -2.06. The number of anilines is 1. The van der Waals surface area contributed by atoms with Gasteiger partial charge in [0.05, 0.1) is 18.9 Å². The van der Waals surface area contributed by atoms with E-state index in [0.717, 1.165) is 13.0 Å².